The van der Waals surface area contributed by atoms with Gasteiger partial charge in [-0.1, -0.05) is 0 Å². The van der Waals surface area contributed by atoms with Crippen LogP contribution in [0.5, 0.6) is 0 Å². The molecule has 0 aliphatic rings. The zero-order valence-electron chi connectivity index (χ0n) is 10.1. The first-order chi connectivity index (χ1) is 9.38. The predicted octanol–water partition coefficient (Wildman–Crippen LogP) is 1.17. The zero-order valence-corrected chi connectivity index (χ0v) is 11.0. The Labute approximate surface area is 115 Å². The van der Waals surface area contributed by atoms with Gasteiger partial charge in [-0.05, 0) is 30.3 Å². The minimum absolute atomic E-state index is 0.194. The molecule has 0 saturated carbocycles. The van der Waals surface area contributed by atoms with E-state index in [1.807, 2.05) is 0 Å². The number of carbonyl (C=O) groups is 1. The second kappa shape index (κ2) is 5.27. The number of primary sulfonamides is 1. The smallest absolute Gasteiger partial charge is 0.337 e. The van der Waals surface area contributed by atoms with Crippen LogP contribution in [0.1, 0.15) is 10.4 Å². The maximum Gasteiger partial charge on any atom is 0.337 e. The van der Waals surface area contributed by atoms with Crippen LogP contribution in [0.3, 0.4) is 0 Å². The largest absolute Gasteiger partial charge is 0.478 e. The second-order valence-electron chi connectivity index (χ2n) is 3.92. The maximum absolute atomic E-state index is 11.2. The first kappa shape index (κ1) is 14.0. The maximum atomic E-state index is 11.2. The number of hydrogen-bond acceptors (Lipinski definition) is 5. The molecule has 2 rings (SSSR count). The summed E-state index contributed by atoms with van der Waals surface area (Å²) in [7, 11) is -3.95. The minimum atomic E-state index is -3.95. The van der Waals surface area contributed by atoms with E-state index in [1.54, 1.807) is 18.3 Å². The average molecular weight is 293 g/mol. The van der Waals surface area contributed by atoms with Crippen molar-refractivity contribution in [2.24, 2.45) is 5.14 Å². The van der Waals surface area contributed by atoms with Gasteiger partial charge in [-0.2, -0.15) is 0 Å². The van der Waals surface area contributed by atoms with Crippen molar-refractivity contribution < 1.29 is 18.3 Å². The van der Waals surface area contributed by atoms with Crippen molar-refractivity contribution in [1.82, 2.24) is 4.98 Å². The second-order valence-corrected chi connectivity index (χ2v) is 5.49. The lowest BCUT2D eigenvalue weighted by Crippen LogP contribution is -2.13. The topological polar surface area (TPSA) is 122 Å². The van der Waals surface area contributed by atoms with E-state index in [2.05, 4.69) is 10.3 Å². The quantitative estimate of drug-likeness (QED) is 0.777. The summed E-state index contributed by atoms with van der Waals surface area (Å²) in [6.45, 7) is 0. The monoisotopic (exact) mass is 293 g/mol. The molecule has 104 valence electrons. The molecule has 0 unspecified atom stereocenters. The normalized spacial score (nSPS) is 11.1. The molecule has 0 aliphatic heterocycles. The summed E-state index contributed by atoms with van der Waals surface area (Å²) in [6, 6.07) is 6.97. The fraction of sp³-hybridized carbons (Fsp3) is 0. The fourth-order valence-corrected chi connectivity index (χ4v) is 2.12. The van der Waals surface area contributed by atoms with Crippen LogP contribution in [0.4, 0.5) is 11.4 Å². The first-order valence-corrected chi connectivity index (χ1v) is 7.00. The number of pyridine rings is 1. The number of carboxylic acids is 1. The summed E-state index contributed by atoms with van der Waals surface area (Å²) in [5, 5.41) is 17.0. The number of anilines is 2. The van der Waals surface area contributed by atoms with E-state index >= 15 is 0 Å². The van der Waals surface area contributed by atoms with Crippen molar-refractivity contribution in [3.05, 3.63) is 48.3 Å². The fourth-order valence-electron chi connectivity index (χ4n) is 1.58. The van der Waals surface area contributed by atoms with E-state index in [9.17, 15) is 13.2 Å². The summed E-state index contributed by atoms with van der Waals surface area (Å²) in [4.78, 5) is 14.8. The number of rotatable bonds is 4. The number of aromatic carboxylic acids is 1. The van der Waals surface area contributed by atoms with Crippen molar-refractivity contribution >= 4 is 27.4 Å². The molecule has 7 nitrogen and oxygen atoms in total. The summed E-state index contributed by atoms with van der Waals surface area (Å²) in [5.74, 6) is -1.26. The van der Waals surface area contributed by atoms with E-state index in [-0.39, 0.29) is 16.1 Å². The summed E-state index contributed by atoms with van der Waals surface area (Å²) >= 11 is 0. The van der Waals surface area contributed by atoms with E-state index in [0.29, 0.717) is 5.69 Å². The van der Waals surface area contributed by atoms with Crippen LogP contribution in [0.25, 0.3) is 0 Å². The van der Waals surface area contributed by atoms with Gasteiger partial charge >= 0.3 is 5.97 Å². The number of benzene rings is 1. The third-order valence-corrected chi connectivity index (χ3v) is 3.40. The molecule has 1 aromatic heterocycles. The van der Waals surface area contributed by atoms with Gasteiger partial charge in [0.05, 0.1) is 28.0 Å². The lowest BCUT2D eigenvalue weighted by molar-refractivity contribution is 0.0697. The van der Waals surface area contributed by atoms with E-state index in [4.69, 9.17) is 10.2 Å². The molecule has 0 atom stereocenters. The standard InChI is InChI=1S/C12H11N3O4S/c13-20(18,19)9-3-4-11(10(6-9)12(16)17)15-8-2-1-5-14-7-8/h1-7,15H,(H,16,17)(H2,13,18,19). The number of nitrogens with one attached hydrogen (secondary N) is 1. The summed E-state index contributed by atoms with van der Waals surface area (Å²) in [6.07, 6.45) is 3.09. The van der Waals surface area contributed by atoms with Gasteiger partial charge in [-0.25, -0.2) is 18.4 Å². The first-order valence-electron chi connectivity index (χ1n) is 5.45. The Hall–Kier alpha value is -2.45. The van der Waals surface area contributed by atoms with Crippen LogP contribution in [0.15, 0.2) is 47.6 Å². The van der Waals surface area contributed by atoms with Crippen LogP contribution in [-0.2, 0) is 10.0 Å². The molecule has 1 heterocycles. The Balaban J connectivity index is 2.46. The average Bonchev–Trinajstić information content (AvgIpc) is 2.38. The Morgan fingerprint density at radius 3 is 2.60 bits per heavy atom. The molecule has 0 amide bonds. The molecule has 0 radical (unpaired) electrons. The molecule has 20 heavy (non-hydrogen) atoms. The zero-order chi connectivity index (χ0) is 14.8. The highest BCUT2D eigenvalue weighted by Gasteiger charge is 2.16. The highest BCUT2D eigenvalue weighted by atomic mass is 32.2. The molecule has 0 spiro atoms. The van der Waals surface area contributed by atoms with Crippen LogP contribution < -0.4 is 10.5 Å². The lowest BCUT2D eigenvalue weighted by Gasteiger charge is -2.10. The molecule has 0 bridgehead atoms. The lowest BCUT2D eigenvalue weighted by atomic mass is 10.1. The van der Waals surface area contributed by atoms with E-state index in [0.717, 1.165) is 6.07 Å². The van der Waals surface area contributed by atoms with Crippen molar-refractivity contribution in [1.29, 1.82) is 0 Å². The predicted molar refractivity (Wildman–Crippen MR) is 72.3 cm³/mol. The Bertz CT molecular complexity index is 745. The Morgan fingerprint density at radius 2 is 2.05 bits per heavy atom. The van der Waals surface area contributed by atoms with Gasteiger partial charge in [0, 0.05) is 6.20 Å². The van der Waals surface area contributed by atoms with Crippen molar-refractivity contribution in [3.63, 3.8) is 0 Å². The Kier molecular flexibility index (Phi) is 3.68. The molecule has 0 saturated heterocycles. The molecule has 0 fully saturated rings. The summed E-state index contributed by atoms with van der Waals surface area (Å²) in [5.41, 5.74) is 0.636. The van der Waals surface area contributed by atoms with Crippen LogP contribution in [-0.4, -0.2) is 24.5 Å². The van der Waals surface area contributed by atoms with Gasteiger partial charge in [0.1, 0.15) is 0 Å². The Morgan fingerprint density at radius 1 is 1.30 bits per heavy atom. The van der Waals surface area contributed by atoms with Crippen LogP contribution >= 0.6 is 0 Å². The van der Waals surface area contributed by atoms with Gasteiger partial charge in [0.25, 0.3) is 0 Å². The number of sulfonamides is 1. The van der Waals surface area contributed by atoms with Crippen molar-refractivity contribution in [3.8, 4) is 0 Å². The molecule has 0 aliphatic carbocycles. The number of nitrogens with zero attached hydrogens (tertiary/aromatic N) is 1. The highest BCUT2D eigenvalue weighted by Crippen LogP contribution is 2.23. The summed E-state index contributed by atoms with van der Waals surface area (Å²) < 4.78 is 22.5. The van der Waals surface area contributed by atoms with Crippen molar-refractivity contribution in [2.45, 2.75) is 4.90 Å². The van der Waals surface area contributed by atoms with Crippen LogP contribution in [0.2, 0.25) is 0 Å². The third-order valence-electron chi connectivity index (χ3n) is 2.49. The number of aromatic nitrogens is 1. The molecule has 8 heteroatoms. The van der Waals surface area contributed by atoms with Gasteiger partial charge in [0.2, 0.25) is 10.0 Å². The highest BCUT2D eigenvalue weighted by molar-refractivity contribution is 7.89. The van der Waals surface area contributed by atoms with Gasteiger partial charge < -0.3 is 10.4 Å². The molecular formula is C12H11N3O4S. The number of hydrogen-bond donors (Lipinski definition) is 3. The number of carboxylic acid groups (broad SMARTS) is 1. The van der Waals surface area contributed by atoms with Gasteiger partial charge in [0.15, 0.2) is 0 Å². The van der Waals surface area contributed by atoms with E-state index < -0.39 is 16.0 Å². The SMILES string of the molecule is NS(=O)(=O)c1ccc(Nc2cccnc2)c(C(=O)O)c1. The number of nitrogens with two attached hydrogens (primary N) is 1. The molecule has 4 N–H and O–H groups in total. The minimum Gasteiger partial charge on any atom is -0.478 e. The molecule has 1 aromatic carbocycles. The molecular weight excluding hydrogens is 282 g/mol. The van der Waals surface area contributed by atoms with Gasteiger partial charge in [-0.3, -0.25) is 4.98 Å². The third kappa shape index (κ3) is 3.11. The van der Waals surface area contributed by atoms with Crippen LogP contribution in [0, 0.1) is 0 Å². The van der Waals surface area contributed by atoms with Crippen molar-refractivity contribution in [2.75, 3.05) is 5.32 Å². The molecule has 2 aromatic rings. The van der Waals surface area contributed by atoms with Gasteiger partial charge in [-0.15, -0.1) is 0 Å². The van der Waals surface area contributed by atoms with E-state index in [1.165, 1.54) is 18.3 Å².